The van der Waals surface area contributed by atoms with Crippen LogP contribution in [0.5, 0.6) is 0 Å². The number of benzene rings is 1. The van der Waals surface area contributed by atoms with Gasteiger partial charge in [-0.15, -0.1) is 12.4 Å². The number of rotatable bonds is 3. The van der Waals surface area contributed by atoms with E-state index in [9.17, 15) is 13.2 Å². The monoisotopic (exact) mass is 345 g/mol. The largest absolute Gasteiger partial charge is 0.326 e. The molecule has 3 rings (SSSR count). The molecule has 1 atom stereocenters. The van der Waals surface area contributed by atoms with Gasteiger partial charge in [0, 0.05) is 37.8 Å². The van der Waals surface area contributed by atoms with Crippen molar-refractivity contribution in [2.24, 2.45) is 5.73 Å². The van der Waals surface area contributed by atoms with E-state index >= 15 is 0 Å². The minimum Gasteiger partial charge on any atom is -0.326 e. The molecule has 2 aliphatic heterocycles. The van der Waals surface area contributed by atoms with Crippen LogP contribution >= 0.6 is 12.4 Å². The number of carbonyl (C=O) groups excluding carboxylic acids is 1. The highest BCUT2D eigenvalue weighted by Gasteiger charge is 2.31. The third kappa shape index (κ3) is 3.12. The fraction of sp³-hybridized carbons (Fsp3) is 0.500. The van der Waals surface area contributed by atoms with Crippen LogP contribution in [0.15, 0.2) is 29.2 Å². The predicted octanol–water partition coefficient (Wildman–Crippen LogP) is 0.957. The maximum Gasteiger partial charge on any atom is 0.243 e. The molecule has 2 saturated heterocycles. The van der Waals surface area contributed by atoms with Crippen molar-refractivity contribution in [1.82, 2.24) is 4.31 Å². The van der Waals surface area contributed by atoms with Gasteiger partial charge in [0.25, 0.3) is 0 Å². The van der Waals surface area contributed by atoms with Crippen molar-refractivity contribution >= 4 is 34.0 Å². The Morgan fingerprint density at radius 1 is 1.14 bits per heavy atom. The standard InChI is InChI=1S/C14H19N3O3S.ClH/c15-11-7-9-16(10-11)21(19,20)13-5-3-12(4-6-13)17-8-1-2-14(17)18;/h3-6,11H,1-2,7-10,15H2;1H/t11-;/m0./s1. The Labute approximate surface area is 136 Å². The van der Waals surface area contributed by atoms with E-state index in [0.29, 0.717) is 32.5 Å². The van der Waals surface area contributed by atoms with Gasteiger partial charge in [-0.25, -0.2) is 8.42 Å². The highest BCUT2D eigenvalue weighted by molar-refractivity contribution is 7.89. The van der Waals surface area contributed by atoms with Crippen molar-refractivity contribution in [2.45, 2.75) is 30.2 Å². The number of nitrogens with zero attached hydrogens (tertiary/aromatic N) is 2. The van der Waals surface area contributed by atoms with Gasteiger partial charge < -0.3 is 10.6 Å². The molecule has 0 bridgehead atoms. The third-order valence-electron chi connectivity index (χ3n) is 4.05. The minimum atomic E-state index is -3.48. The molecule has 122 valence electrons. The average Bonchev–Trinajstić information content (AvgIpc) is 3.08. The molecular weight excluding hydrogens is 326 g/mol. The number of anilines is 1. The Morgan fingerprint density at radius 3 is 2.32 bits per heavy atom. The molecule has 0 aromatic heterocycles. The smallest absolute Gasteiger partial charge is 0.243 e. The van der Waals surface area contributed by atoms with Crippen LogP contribution in [-0.4, -0.2) is 44.3 Å². The Hall–Kier alpha value is -1.15. The van der Waals surface area contributed by atoms with Gasteiger partial charge in [0.1, 0.15) is 0 Å². The first kappa shape index (κ1) is 17.2. The van der Waals surface area contributed by atoms with E-state index in [1.807, 2.05) is 0 Å². The van der Waals surface area contributed by atoms with Gasteiger partial charge >= 0.3 is 0 Å². The summed E-state index contributed by atoms with van der Waals surface area (Å²) in [5.74, 6) is 0.0936. The molecular formula is C14H20ClN3O3S. The second-order valence-electron chi connectivity index (χ2n) is 5.55. The van der Waals surface area contributed by atoms with Gasteiger partial charge in [0.15, 0.2) is 0 Å². The Morgan fingerprint density at radius 2 is 1.82 bits per heavy atom. The van der Waals surface area contributed by atoms with Crippen molar-refractivity contribution in [3.05, 3.63) is 24.3 Å². The van der Waals surface area contributed by atoms with Gasteiger partial charge in [0.05, 0.1) is 4.90 Å². The van der Waals surface area contributed by atoms with Crippen molar-refractivity contribution in [1.29, 1.82) is 0 Å². The zero-order valence-electron chi connectivity index (χ0n) is 12.1. The summed E-state index contributed by atoms with van der Waals surface area (Å²) in [6.07, 6.45) is 2.11. The molecule has 0 unspecified atom stereocenters. The number of halogens is 1. The lowest BCUT2D eigenvalue weighted by atomic mass is 10.3. The topological polar surface area (TPSA) is 83.7 Å². The summed E-state index contributed by atoms with van der Waals surface area (Å²) >= 11 is 0. The van der Waals surface area contributed by atoms with E-state index in [2.05, 4.69) is 0 Å². The van der Waals surface area contributed by atoms with Crippen LogP contribution in [0.4, 0.5) is 5.69 Å². The molecule has 2 heterocycles. The molecule has 0 aliphatic carbocycles. The van der Waals surface area contributed by atoms with Gasteiger partial charge in [-0.05, 0) is 37.1 Å². The molecule has 1 aromatic rings. The third-order valence-corrected chi connectivity index (χ3v) is 5.93. The highest BCUT2D eigenvalue weighted by Crippen LogP contribution is 2.25. The van der Waals surface area contributed by atoms with Crippen LogP contribution in [0.25, 0.3) is 0 Å². The SMILES string of the molecule is Cl.N[C@H]1CCN(S(=O)(=O)c2ccc(N3CCCC3=O)cc2)C1. The molecule has 2 N–H and O–H groups in total. The first-order valence-electron chi connectivity index (χ1n) is 7.14. The molecule has 0 radical (unpaired) electrons. The summed E-state index contributed by atoms with van der Waals surface area (Å²) < 4.78 is 26.4. The first-order chi connectivity index (χ1) is 9.98. The minimum absolute atomic E-state index is 0. The summed E-state index contributed by atoms with van der Waals surface area (Å²) in [6.45, 7) is 1.54. The number of nitrogens with two attached hydrogens (primary N) is 1. The molecule has 8 heteroatoms. The van der Waals surface area contributed by atoms with Gasteiger partial charge in [0.2, 0.25) is 15.9 Å². The first-order valence-corrected chi connectivity index (χ1v) is 8.58. The summed E-state index contributed by atoms with van der Waals surface area (Å²) in [4.78, 5) is 13.6. The van der Waals surface area contributed by atoms with E-state index in [4.69, 9.17) is 5.73 Å². The summed E-state index contributed by atoms with van der Waals surface area (Å²) in [7, 11) is -3.48. The van der Waals surface area contributed by atoms with Crippen LogP contribution in [0.3, 0.4) is 0 Å². The Kier molecular flexibility index (Phi) is 5.11. The van der Waals surface area contributed by atoms with Crippen molar-refractivity contribution in [3.63, 3.8) is 0 Å². The Bertz CT molecular complexity index is 648. The maximum absolute atomic E-state index is 12.5. The van der Waals surface area contributed by atoms with E-state index in [-0.39, 0.29) is 29.3 Å². The number of sulfonamides is 1. The summed E-state index contributed by atoms with van der Waals surface area (Å²) in [6, 6.07) is 6.46. The number of hydrogen-bond acceptors (Lipinski definition) is 4. The molecule has 0 saturated carbocycles. The second-order valence-corrected chi connectivity index (χ2v) is 7.49. The van der Waals surface area contributed by atoms with Crippen LogP contribution in [0.2, 0.25) is 0 Å². The van der Waals surface area contributed by atoms with Crippen LogP contribution in [0.1, 0.15) is 19.3 Å². The van der Waals surface area contributed by atoms with Crippen molar-refractivity contribution < 1.29 is 13.2 Å². The molecule has 1 amide bonds. The van der Waals surface area contributed by atoms with Gasteiger partial charge in [-0.1, -0.05) is 0 Å². The lowest BCUT2D eigenvalue weighted by molar-refractivity contribution is -0.117. The maximum atomic E-state index is 12.5. The highest BCUT2D eigenvalue weighted by atomic mass is 35.5. The summed E-state index contributed by atoms with van der Waals surface area (Å²) in [5, 5.41) is 0. The fourth-order valence-corrected chi connectivity index (χ4v) is 4.35. The average molecular weight is 346 g/mol. The van der Waals surface area contributed by atoms with Gasteiger partial charge in [-0.3, -0.25) is 4.79 Å². The molecule has 2 aliphatic rings. The quantitative estimate of drug-likeness (QED) is 0.884. The second kappa shape index (κ2) is 6.54. The van der Waals surface area contributed by atoms with E-state index in [1.165, 1.54) is 4.31 Å². The van der Waals surface area contributed by atoms with Crippen LogP contribution in [0, 0.1) is 0 Å². The lowest BCUT2D eigenvalue weighted by Gasteiger charge is -2.18. The molecule has 22 heavy (non-hydrogen) atoms. The number of carbonyl (C=O) groups is 1. The normalized spacial score (nSPS) is 22.9. The van der Waals surface area contributed by atoms with E-state index in [0.717, 1.165) is 12.1 Å². The summed E-state index contributed by atoms with van der Waals surface area (Å²) in [5.41, 5.74) is 6.53. The molecule has 2 fully saturated rings. The lowest BCUT2D eigenvalue weighted by Crippen LogP contribution is -2.32. The fourth-order valence-electron chi connectivity index (χ4n) is 2.84. The van der Waals surface area contributed by atoms with Crippen LogP contribution < -0.4 is 10.6 Å². The van der Waals surface area contributed by atoms with E-state index in [1.54, 1.807) is 29.2 Å². The molecule has 6 nitrogen and oxygen atoms in total. The van der Waals surface area contributed by atoms with Crippen LogP contribution in [-0.2, 0) is 14.8 Å². The zero-order chi connectivity index (χ0) is 15.0. The van der Waals surface area contributed by atoms with E-state index < -0.39 is 10.0 Å². The number of hydrogen-bond donors (Lipinski definition) is 1. The van der Waals surface area contributed by atoms with Crippen molar-refractivity contribution in [2.75, 3.05) is 24.5 Å². The molecule has 1 aromatic carbocycles. The van der Waals surface area contributed by atoms with Crippen molar-refractivity contribution in [3.8, 4) is 0 Å². The molecule has 0 spiro atoms. The van der Waals surface area contributed by atoms with Gasteiger partial charge in [-0.2, -0.15) is 4.31 Å². The number of amides is 1. The Balaban J connectivity index is 0.00000176. The zero-order valence-corrected chi connectivity index (χ0v) is 13.8. The predicted molar refractivity (Wildman–Crippen MR) is 86.6 cm³/mol.